The average Bonchev–Trinajstić information content (AvgIpc) is 2.76. The Morgan fingerprint density at radius 1 is 0.786 bits per heavy atom. The van der Waals surface area contributed by atoms with Gasteiger partial charge < -0.3 is 9.47 Å². The van der Waals surface area contributed by atoms with Crippen molar-refractivity contribution in [3.63, 3.8) is 0 Å². The number of rotatable bonds is 4. The van der Waals surface area contributed by atoms with Gasteiger partial charge in [-0.1, -0.05) is 84.4 Å². The molecule has 3 aromatic rings. The van der Waals surface area contributed by atoms with Gasteiger partial charge in [-0.25, -0.2) is 0 Å². The van der Waals surface area contributed by atoms with Gasteiger partial charge in [-0.3, -0.25) is 0 Å². The largest absolute Gasteiger partial charge is 0.453 e. The first-order chi connectivity index (χ1) is 13.6. The maximum absolute atomic E-state index is 6.54. The van der Waals surface area contributed by atoms with E-state index in [0.717, 1.165) is 33.6 Å². The summed E-state index contributed by atoms with van der Waals surface area (Å²) in [6.45, 7) is 2.05. The molecule has 1 aliphatic rings. The lowest BCUT2D eigenvalue weighted by Crippen LogP contribution is -2.35. The predicted molar refractivity (Wildman–Crippen MR) is 115 cm³/mol. The summed E-state index contributed by atoms with van der Waals surface area (Å²) in [5.74, 6) is -0.238. The lowest BCUT2D eigenvalue weighted by molar-refractivity contribution is -0.160. The highest BCUT2D eigenvalue weighted by Crippen LogP contribution is 2.46. The second-order valence-corrected chi connectivity index (χ2v) is 7.15. The molecule has 0 aliphatic carbocycles. The van der Waals surface area contributed by atoms with Crippen LogP contribution in [-0.4, -0.2) is 7.11 Å². The van der Waals surface area contributed by atoms with Crippen LogP contribution in [0.25, 0.3) is 11.3 Å². The number of halogens is 1. The van der Waals surface area contributed by atoms with Gasteiger partial charge in [0.25, 0.3) is 5.79 Å². The minimum absolute atomic E-state index is 0.711. The zero-order valence-corrected chi connectivity index (χ0v) is 16.6. The second-order valence-electron chi connectivity index (χ2n) is 6.71. The minimum atomic E-state index is -1.00. The standard InChI is InChI=1S/C25H21ClO2/c1-18-23(19-13-15-22(26)16-14-19)17-24(20-9-5-3-6-10-20)28-25(18,27-2)21-11-7-4-8-12-21/h3-17H,1-2H3. The van der Waals surface area contributed by atoms with Crippen molar-refractivity contribution in [1.29, 1.82) is 0 Å². The van der Waals surface area contributed by atoms with Gasteiger partial charge >= 0.3 is 0 Å². The molecule has 0 radical (unpaired) electrons. The first-order valence-electron chi connectivity index (χ1n) is 9.18. The lowest BCUT2D eigenvalue weighted by Gasteiger charge is -2.39. The highest BCUT2D eigenvalue weighted by molar-refractivity contribution is 6.30. The van der Waals surface area contributed by atoms with Gasteiger partial charge in [0.15, 0.2) is 0 Å². The summed E-state index contributed by atoms with van der Waals surface area (Å²) in [4.78, 5) is 0. The molecular weight excluding hydrogens is 368 g/mol. The van der Waals surface area contributed by atoms with Crippen LogP contribution in [0.4, 0.5) is 0 Å². The summed E-state index contributed by atoms with van der Waals surface area (Å²) in [7, 11) is 1.68. The minimum Gasteiger partial charge on any atom is -0.453 e. The fourth-order valence-corrected chi connectivity index (χ4v) is 3.72. The highest BCUT2D eigenvalue weighted by atomic mass is 35.5. The van der Waals surface area contributed by atoms with Gasteiger partial charge in [0, 0.05) is 28.8 Å². The lowest BCUT2D eigenvalue weighted by atomic mass is 9.87. The molecule has 0 saturated carbocycles. The third kappa shape index (κ3) is 3.26. The Morgan fingerprint density at radius 3 is 2.00 bits per heavy atom. The van der Waals surface area contributed by atoms with Gasteiger partial charge in [0.05, 0.1) is 0 Å². The normalized spacial score (nSPS) is 19.2. The molecule has 1 atom stereocenters. The van der Waals surface area contributed by atoms with E-state index in [1.165, 1.54) is 0 Å². The zero-order valence-electron chi connectivity index (χ0n) is 15.9. The molecule has 2 nitrogen and oxygen atoms in total. The molecule has 0 saturated heterocycles. The van der Waals surface area contributed by atoms with Crippen LogP contribution in [0.15, 0.2) is 96.6 Å². The molecule has 3 heteroatoms. The van der Waals surface area contributed by atoms with Gasteiger partial charge in [-0.05, 0) is 36.3 Å². The van der Waals surface area contributed by atoms with E-state index in [0.29, 0.717) is 5.02 Å². The van der Waals surface area contributed by atoms with Crippen LogP contribution in [-0.2, 0) is 15.3 Å². The zero-order chi connectivity index (χ0) is 19.6. The molecule has 1 unspecified atom stereocenters. The number of benzene rings is 3. The van der Waals surface area contributed by atoms with E-state index in [2.05, 4.69) is 13.0 Å². The van der Waals surface area contributed by atoms with Crippen LogP contribution in [0.3, 0.4) is 0 Å². The smallest absolute Gasteiger partial charge is 0.260 e. The molecule has 1 heterocycles. The molecular formula is C25H21ClO2. The van der Waals surface area contributed by atoms with Crippen LogP contribution in [0.1, 0.15) is 23.6 Å². The first-order valence-corrected chi connectivity index (χ1v) is 9.56. The summed E-state index contributed by atoms with van der Waals surface area (Å²) >= 11 is 6.11. The number of allylic oxidation sites excluding steroid dienone is 2. The van der Waals surface area contributed by atoms with E-state index < -0.39 is 5.79 Å². The van der Waals surface area contributed by atoms with Crippen molar-refractivity contribution in [2.45, 2.75) is 12.7 Å². The maximum Gasteiger partial charge on any atom is 0.260 e. The fourth-order valence-electron chi connectivity index (χ4n) is 3.60. The topological polar surface area (TPSA) is 18.5 Å². The molecule has 4 rings (SSSR count). The monoisotopic (exact) mass is 388 g/mol. The summed E-state index contributed by atoms with van der Waals surface area (Å²) < 4.78 is 12.6. The number of hydrogen-bond donors (Lipinski definition) is 0. The Labute approximate surface area is 170 Å². The molecule has 0 aromatic heterocycles. The number of methoxy groups -OCH3 is 1. The maximum atomic E-state index is 6.54. The number of ether oxygens (including phenoxy) is 2. The summed E-state index contributed by atoms with van der Waals surface area (Å²) in [6, 6.07) is 28.0. The van der Waals surface area contributed by atoms with E-state index in [1.807, 2.05) is 84.9 Å². The Bertz CT molecular complexity index is 1020. The predicted octanol–water partition coefficient (Wildman–Crippen LogP) is 6.68. The Kier molecular flexibility index (Phi) is 5.08. The SMILES string of the molecule is COC1(c2ccccc2)OC(c2ccccc2)=CC(c2ccc(Cl)cc2)=C1C. The average molecular weight is 389 g/mol. The van der Waals surface area contributed by atoms with E-state index in [9.17, 15) is 0 Å². The van der Waals surface area contributed by atoms with Crippen LogP contribution in [0, 0.1) is 0 Å². The molecule has 140 valence electrons. The van der Waals surface area contributed by atoms with E-state index >= 15 is 0 Å². The van der Waals surface area contributed by atoms with Gasteiger partial charge in [0.2, 0.25) is 0 Å². The molecule has 1 aliphatic heterocycles. The van der Waals surface area contributed by atoms with Crippen molar-refractivity contribution < 1.29 is 9.47 Å². The van der Waals surface area contributed by atoms with Crippen LogP contribution in [0.5, 0.6) is 0 Å². The third-order valence-corrected chi connectivity index (χ3v) is 5.33. The van der Waals surface area contributed by atoms with Gasteiger partial charge in [-0.2, -0.15) is 0 Å². The Balaban J connectivity index is 1.95. The van der Waals surface area contributed by atoms with Crippen molar-refractivity contribution in [2.75, 3.05) is 7.11 Å². The summed E-state index contributed by atoms with van der Waals surface area (Å²) in [5.41, 5.74) is 5.06. The first kappa shape index (κ1) is 18.5. The van der Waals surface area contributed by atoms with Crippen LogP contribution in [0.2, 0.25) is 5.02 Å². The number of hydrogen-bond acceptors (Lipinski definition) is 2. The molecule has 0 N–H and O–H groups in total. The van der Waals surface area contributed by atoms with Crippen molar-refractivity contribution in [3.05, 3.63) is 118 Å². The Hall–Kier alpha value is -2.81. The van der Waals surface area contributed by atoms with Crippen molar-refractivity contribution >= 4 is 22.9 Å². The quantitative estimate of drug-likeness (QED) is 0.496. The van der Waals surface area contributed by atoms with Crippen LogP contribution >= 0.6 is 11.6 Å². The third-order valence-electron chi connectivity index (χ3n) is 5.08. The van der Waals surface area contributed by atoms with E-state index in [4.69, 9.17) is 21.1 Å². The van der Waals surface area contributed by atoms with E-state index in [-0.39, 0.29) is 0 Å². The Morgan fingerprint density at radius 2 is 1.39 bits per heavy atom. The molecule has 0 fully saturated rings. The molecule has 28 heavy (non-hydrogen) atoms. The molecule has 0 spiro atoms. The molecule has 0 bridgehead atoms. The van der Waals surface area contributed by atoms with Crippen LogP contribution < -0.4 is 0 Å². The molecule has 3 aromatic carbocycles. The molecule has 0 amide bonds. The van der Waals surface area contributed by atoms with Gasteiger partial charge in [-0.15, -0.1) is 0 Å². The van der Waals surface area contributed by atoms with Crippen molar-refractivity contribution in [2.24, 2.45) is 0 Å². The van der Waals surface area contributed by atoms with Crippen molar-refractivity contribution in [3.8, 4) is 0 Å². The summed E-state index contributed by atoms with van der Waals surface area (Å²) in [6.07, 6.45) is 2.08. The highest BCUT2D eigenvalue weighted by Gasteiger charge is 2.42. The van der Waals surface area contributed by atoms with Gasteiger partial charge in [0.1, 0.15) is 5.76 Å². The second kappa shape index (κ2) is 7.67. The van der Waals surface area contributed by atoms with Crippen molar-refractivity contribution in [1.82, 2.24) is 0 Å². The summed E-state index contributed by atoms with van der Waals surface area (Å²) in [5, 5.41) is 0.711. The fraction of sp³-hybridized carbons (Fsp3) is 0.120. The van der Waals surface area contributed by atoms with E-state index in [1.54, 1.807) is 7.11 Å².